The number of hydrogen-bond donors (Lipinski definition) is 3. The molecule has 0 spiro atoms. The molecule has 0 aliphatic heterocycles. The molecule has 0 bridgehead atoms. The molecule has 1 aromatic rings. The SMILES string of the molecule is O=[N+]([O-])P(O)(O)(O)c1ccccc1. The second-order valence-electron chi connectivity index (χ2n) is 2.51. The van der Waals surface area contributed by atoms with E-state index in [9.17, 15) is 10.1 Å². The second kappa shape index (κ2) is 2.71. The van der Waals surface area contributed by atoms with E-state index in [4.69, 9.17) is 14.7 Å². The average molecular weight is 205 g/mol. The van der Waals surface area contributed by atoms with Crippen LogP contribution in [0.4, 0.5) is 0 Å². The summed E-state index contributed by atoms with van der Waals surface area (Å²) in [6.45, 7) is 0. The van der Waals surface area contributed by atoms with E-state index in [0.29, 0.717) is 0 Å². The van der Waals surface area contributed by atoms with Gasteiger partial charge in [-0.2, -0.15) is 0 Å². The summed E-state index contributed by atoms with van der Waals surface area (Å²) in [5.74, 6) is 0. The fourth-order valence-electron chi connectivity index (χ4n) is 0.789. The van der Waals surface area contributed by atoms with Gasteiger partial charge in [0.15, 0.2) is 0 Å². The molecular weight excluding hydrogens is 197 g/mol. The van der Waals surface area contributed by atoms with E-state index >= 15 is 0 Å². The van der Waals surface area contributed by atoms with Gasteiger partial charge in [0.2, 0.25) is 0 Å². The Balaban J connectivity index is 3.29. The Morgan fingerprint density at radius 2 is 1.62 bits per heavy atom. The molecule has 1 rings (SSSR count). The van der Waals surface area contributed by atoms with E-state index in [0.717, 1.165) is 12.1 Å². The molecule has 72 valence electrons. The zero-order valence-electron chi connectivity index (χ0n) is 6.44. The molecule has 0 fully saturated rings. The summed E-state index contributed by atoms with van der Waals surface area (Å²) in [7, 11) is -5.90. The van der Waals surface area contributed by atoms with Gasteiger partial charge in [-0.1, -0.05) is 0 Å². The first kappa shape index (κ1) is 10.0. The molecule has 0 amide bonds. The summed E-state index contributed by atoms with van der Waals surface area (Å²) < 4.78 is -1.46. The summed E-state index contributed by atoms with van der Waals surface area (Å²) in [5, 5.41) is 9.77. The number of rotatable bonds is 2. The number of benzene rings is 1. The van der Waals surface area contributed by atoms with Crippen LogP contribution in [0, 0.1) is 10.1 Å². The molecule has 6 nitrogen and oxygen atoms in total. The number of nitrogens with zero attached hydrogens (tertiary/aromatic N) is 1. The first-order valence-electron chi connectivity index (χ1n) is 3.30. The molecule has 1 aromatic carbocycles. The average Bonchev–Trinajstić information content (AvgIpc) is 2.05. The second-order valence-corrected chi connectivity index (χ2v) is 5.23. The van der Waals surface area contributed by atoms with Gasteiger partial charge >= 0.3 is 72.6 Å². The number of hydrogen-bond acceptors (Lipinski definition) is 5. The molecule has 0 saturated carbocycles. The van der Waals surface area contributed by atoms with Crippen molar-refractivity contribution in [2.75, 3.05) is 0 Å². The van der Waals surface area contributed by atoms with Crippen molar-refractivity contribution in [1.29, 1.82) is 0 Å². The minimum absolute atomic E-state index is 0.488. The van der Waals surface area contributed by atoms with E-state index < -0.39 is 17.4 Å². The summed E-state index contributed by atoms with van der Waals surface area (Å²) in [6, 6.07) is 6.43. The van der Waals surface area contributed by atoms with E-state index in [1.807, 2.05) is 0 Å². The Morgan fingerprint density at radius 1 is 1.15 bits per heavy atom. The van der Waals surface area contributed by atoms with Crippen LogP contribution >= 0.6 is 7.43 Å². The van der Waals surface area contributed by atoms with Crippen LogP contribution in [0.15, 0.2) is 30.3 Å². The van der Waals surface area contributed by atoms with E-state index in [-0.39, 0.29) is 0 Å². The van der Waals surface area contributed by atoms with Crippen LogP contribution < -0.4 is 5.30 Å². The monoisotopic (exact) mass is 205 g/mol. The van der Waals surface area contributed by atoms with Crippen molar-refractivity contribution in [1.82, 2.24) is 0 Å². The third-order valence-electron chi connectivity index (χ3n) is 1.52. The molecular formula is C6H8NO5P. The van der Waals surface area contributed by atoms with Crippen LogP contribution in [0.25, 0.3) is 0 Å². The molecule has 13 heavy (non-hydrogen) atoms. The third-order valence-corrected chi connectivity index (χ3v) is 3.34. The van der Waals surface area contributed by atoms with Crippen molar-refractivity contribution < 1.29 is 19.4 Å². The zero-order chi connectivity index (χ0) is 10.1. The Hall–Kier alpha value is -1.07. The molecule has 0 radical (unpaired) electrons. The molecule has 0 atom stereocenters. The molecule has 0 aliphatic rings. The van der Waals surface area contributed by atoms with E-state index in [2.05, 4.69) is 0 Å². The Kier molecular flexibility index (Phi) is 2.09. The Morgan fingerprint density at radius 3 is 2.00 bits per heavy atom. The summed E-state index contributed by atoms with van der Waals surface area (Å²) in [6.07, 6.45) is 0. The molecule has 7 heteroatoms. The fourth-order valence-corrected chi connectivity index (χ4v) is 1.68. The van der Waals surface area contributed by atoms with Crippen molar-refractivity contribution in [2.24, 2.45) is 0 Å². The van der Waals surface area contributed by atoms with Crippen LogP contribution in [-0.4, -0.2) is 19.4 Å². The number of nitro groups is 1. The van der Waals surface area contributed by atoms with Crippen molar-refractivity contribution in [3.05, 3.63) is 40.4 Å². The molecule has 0 aliphatic carbocycles. The van der Waals surface area contributed by atoms with Crippen LogP contribution in [0.1, 0.15) is 0 Å². The van der Waals surface area contributed by atoms with Gasteiger partial charge in [-0.3, -0.25) is 0 Å². The molecule has 0 saturated heterocycles. The maximum absolute atomic E-state index is 10.3. The van der Waals surface area contributed by atoms with Crippen molar-refractivity contribution in [3.8, 4) is 0 Å². The van der Waals surface area contributed by atoms with Crippen molar-refractivity contribution >= 4 is 12.7 Å². The van der Waals surface area contributed by atoms with Gasteiger partial charge in [0.05, 0.1) is 0 Å². The summed E-state index contributed by atoms with van der Waals surface area (Å²) in [5.41, 5.74) is 0. The first-order chi connectivity index (χ1) is 5.83. The van der Waals surface area contributed by atoms with Gasteiger partial charge in [-0.25, -0.2) is 0 Å². The van der Waals surface area contributed by atoms with Gasteiger partial charge in [-0.15, -0.1) is 0 Å². The first-order valence-corrected chi connectivity index (χ1v) is 5.35. The van der Waals surface area contributed by atoms with Crippen molar-refractivity contribution in [3.63, 3.8) is 0 Å². The Labute approximate surface area is 73.5 Å². The van der Waals surface area contributed by atoms with Gasteiger partial charge in [-0.05, 0) is 0 Å². The summed E-state index contributed by atoms with van der Waals surface area (Å²) in [4.78, 5) is 37.5. The fraction of sp³-hybridized carbons (Fsp3) is 0. The Bertz CT molecular complexity index is 330. The van der Waals surface area contributed by atoms with Gasteiger partial charge in [0.1, 0.15) is 0 Å². The molecule has 3 N–H and O–H groups in total. The topological polar surface area (TPSA) is 104 Å². The molecule has 0 aromatic heterocycles. The van der Waals surface area contributed by atoms with E-state index in [1.54, 1.807) is 0 Å². The van der Waals surface area contributed by atoms with Crippen molar-refractivity contribution in [2.45, 2.75) is 0 Å². The summed E-state index contributed by atoms with van der Waals surface area (Å²) >= 11 is 0. The predicted octanol–water partition coefficient (Wildman–Crippen LogP) is -0.221. The van der Waals surface area contributed by atoms with Crippen LogP contribution in [0.3, 0.4) is 0 Å². The van der Waals surface area contributed by atoms with Crippen LogP contribution in [-0.2, 0) is 0 Å². The zero-order valence-corrected chi connectivity index (χ0v) is 7.33. The third kappa shape index (κ3) is 1.66. The molecule has 0 heterocycles. The maximum atomic E-state index is 10.3. The predicted molar refractivity (Wildman–Crippen MR) is 46.6 cm³/mol. The van der Waals surface area contributed by atoms with Crippen LogP contribution in [0.2, 0.25) is 0 Å². The van der Waals surface area contributed by atoms with Gasteiger partial charge in [0.25, 0.3) is 0 Å². The van der Waals surface area contributed by atoms with Gasteiger partial charge in [0, 0.05) is 0 Å². The van der Waals surface area contributed by atoms with E-state index in [1.165, 1.54) is 18.2 Å². The minimum atomic E-state index is -5.90. The quantitative estimate of drug-likeness (QED) is 0.351. The van der Waals surface area contributed by atoms with Crippen LogP contribution in [0.5, 0.6) is 0 Å². The van der Waals surface area contributed by atoms with Gasteiger partial charge < -0.3 is 0 Å². The standard InChI is InChI=1S/C6H8NO5P/c8-7(9)13(10,11,12)6-4-2-1-3-5-6/h1-5,10-12H. The normalized spacial score (nSPS) is 14.5. The molecule has 0 unspecified atom stereocenters.